The lowest BCUT2D eigenvalue weighted by Crippen LogP contribution is -2.49. The maximum absolute atomic E-state index is 13.8. The highest BCUT2D eigenvalue weighted by molar-refractivity contribution is 5.92. The Morgan fingerprint density at radius 2 is 1.88 bits per heavy atom. The van der Waals surface area contributed by atoms with E-state index >= 15 is 0 Å². The summed E-state index contributed by atoms with van der Waals surface area (Å²) in [6.45, 7) is 3.85. The number of anilines is 2. The average molecular weight is 448 g/mol. The first kappa shape index (κ1) is 21.4. The number of β-amino-alcohol motifs (C(OH)–C–C–N with tert-alkyl or cyclic N) is 1. The van der Waals surface area contributed by atoms with E-state index in [9.17, 15) is 14.3 Å². The number of piperazine rings is 1. The molecule has 0 radical (unpaired) electrons. The van der Waals surface area contributed by atoms with Gasteiger partial charge in [0, 0.05) is 62.3 Å². The monoisotopic (exact) mass is 448 g/mol. The summed E-state index contributed by atoms with van der Waals surface area (Å²) in [4.78, 5) is 20.7. The molecule has 1 aliphatic rings. The highest BCUT2D eigenvalue weighted by Gasteiger charge is 2.21. The van der Waals surface area contributed by atoms with E-state index in [-0.39, 0.29) is 5.82 Å². The summed E-state index contributed by atoms with van der Waals surface area (Å²) >= 11 is 0. The average Bonchev–Trinajstić information content (AvgIpc) is 2.82. The number of para-hydroxylation sites is 1. The summed E-state index contributed by atoms with van der Waals surface area (Å²) in [5, 5.41) is 16.4. The summed E-state index contributed by atoms with van der Waals surface area (Å²) in [5.41, 5.74) is 0.740. The van der Waals surface area contributed by atoms with Crippen LogP contribution in [0.25, 0.3) is 21.7 Å². The number of hydrogen-bond acceptors (Lipinski definition) is 7. The van der Waals surface area contributed by atoms with Crippen molar-refractivity contribution in [2.75, 3.05) is 49.5 Å². The number of nitrogens with zero attached hydrogens (tertiary/aromatic N) is 3. The summed E-state index contributed by atoms with van der Waals surface area (Å²) in [6, 6.07) is 15.4. The summed E-state index contributed by atoms with van der Waals surface area (Å²) in [5.74, 6) is 0.527. The van der Waals surface area contributed by atoms with E-state index < -0.39 is 11.7 Å². The van der Waals surface area contributed by atoms with Crippen molar-refractivity contribution in [3.63, 3.8) is 0 Å². The van der Waals surface area contributed by atoms with Crippen molar-refractivity contribution in [2.24, 2.45) is 0 Å². The fourth-order valence-electron chi connectivity index (χ4n) is 4.37. The zero-order chi connectivity index (χ0) is 22.8. The Bertz CT molecular complexity index is 1330. The maximum Gasteiger partial charge on any atom is 0.338 e. The summed E-state index contributed by atoms with van der Waals surface area (Å²) < 4.78 is 19.0. The van der Waals surface area contributed by atoms with Gasteiger partial charge in [-0.05, 0) is 35.7 Å². The lowest BCUT2D eigenvalue weighted by atomic mass is 10.1. The molecule has 0 saturated carbocycles. The predicted octanol–water partition coefficient (Wildman–Crippen LogP) is 3.08. The van der Waals surface area contributed by atoms with Crippen molar-refractivity contribution < 1.29 is 13.9 Å². The van der Waals surface area contributed by atoms with Gasteiger partial charge in [-0.1, -0.05) is 18.2 Å². The van der Waals surface area contributed by atoms with Gasteiger partial charge < -0.3 is 19.7 Å². The Balaban J connectivity index is 1.18. The molecule has 4 aromatic rings. The van der Waals surface area contributed by atoms with Gasteiger partial charge >= 0.3 is 5.63 Å². The molecule has 1 aliphatic heterocycles. The molecule has 0 spiro atoms. The van der Waals surface area contributed by atoms with Crippen LogP contribution in [0.3, 0.4) is 0 Å². The molecule has 2 aromatic heterocycles. The molecule has 7 nitrogen and oxygen atoms in total. The van der Waals surface area contributed by atoms with Crippen molar-refractivity contribution in [1.29, 1.82) is 0 Å². The number of rotatable bonds is 6. The van der Waals surface area contributed by atoms with Crippen LogP contribution in [0.1, 0.15) is 0 Å². The van der Waals surface area contributed by atoms with Crippen LogP contribution in [0.5, 0.6) is 0 Å². The molecule has 0 amide bonds. The fraction of sp³-hybridized carbons (Fsp3) is 0.280. The number of hydrogen-bond donors (Lipinski definition) is 2. The smallest absolute Gasteiger partial charge is 0.338 e. The fourth-order valence-corrected chi connectivity index (χ4v) is 4.37. The van der Waals surface area contributed by atoms with Crippen molar-refractivity contribution >= 4 is 33.2 Å². The molecule has 33 heavy (non-hydrogen) atoms. The first-order valence-corrected chi connectivity index (χ1v) is 11.0. The summed E-state index contributed by atoms with van der Waals surface area (Å²) in [6.07, 6.45) is 1.15. The first-order chi connectivity index (χ1) is 16.1. The van der Waals surface area contributed by atoms with E-state index in [4.69, 9.17) is 4.42 Å². The Hall–Kier alpha value is -3.49. The third kappa shape index (κ3) is 4.67. The van der Waals surface area contributed by atoms with Crippen molar-refractivity contribution in [3.05, 3.63) is 77.0 Å². The van der Waals surface area contributed by atoms with E-state index in [1.54, 1.807) is 18.3 Å². The molecule has 0 bridgehead atoms. The van der Waals surface area contributed by atoms with Crippen LogP contribution in [0.4, 0.5) is 15.9 Å². The largest absolute Gasteiger partial charge is 0.423 e. The van der Waals surface area contributed by atoms with Crippen LogP contribution >= 0.6 is 0 Å². The Labute approximate surface area is 190 Å². The SMILES string of the molecule is O=c1cc(NC[C@@H](O)CN2CCN(c3nccc4ccc(F)cc34)CC2)c2ccccc2o1. The second-order valence-corrected chi connectivity index (χ2v) is 8.30. The van der Waals surface area contributed by atoms with Gasteiger partial charge in [-0.25, -0.2) is 14.2 Å². The van der Waals surface area contributed by atoms with Crippen LogP contribution in [0, 0.1) is 5.82 Å². The van der Waals surface area contributed by atoms with Crippen LogP contribution in [-0.2, 0) is 0 Å². The molecule has 2 N–H and O–H groups in total. The zero-order valence-corrected chi connectivity index (χ0v) is 18.1. The predicted molar refractivity (Wildman–Crippen MR) is 127 cm³/mol. The van der Waals surface area contributed by atoms with E-state index in [1.165, 1.54) is 18.2 Å². The molecule has 2 aromatic carbocycles. The molecular weight excluding hydrogens is 423 g/mol. The van der Waals surface area contributed by atoms with E-state index in [1.807, 2.05) is 24.3 Å². The summed E-state index contributed by atoms with van der Waals surface area (Å²) in [7, 11) is 0. The maximum atomic E-state index is 13.8. The van der Waals surface area contributed by atoms with Crippen molar-refractivity contribution in [2.45, 2.75) is 6.10 Å². The quantitative estimate of drug-likeness (QED) is 0.439. The van der Waals surface area contributed by atoms with Gasteiger partial charge in [0.25, 0.3) is 0 Å². The topological polar surface area (TPSA) is 81.8 Å². The second-order valence-electron chi connectivity index (χ2n) is 8.30. The van der Waals surface area contributed by atoms with Gasteiger partial charge in [0.2, 0.25) is 0 Å². The normalized spacial score (nSPS) is 15.8. The minimum atomic E-state index is -0.604. The molecule has 1 fully saturated rings. The van der Waals surface area contributed by atoms with E-state index in [0.717, 1.165) is 48.2 Å². The van der Waals surface area contributed by atoms with E-state index in [0.29, 0.717) is 24.4 Å². The number of aromatic nitrogens is 1. The first-order valence-electron chi connectivity index (χ1n) is 11.0. The third-order valence-corrected chi connectivity index (χ3v) is 6.03. The zero-order valence-electron chi connectivity index (χ0n) is 18.1. The lowest BCUT2D eigenvalue weighted by molar-refractivity contribution is 0.118. The van der Waals surface area contributed by atoms with Crippen LogP contribution < -0.4 is 15.8 Å². The minimum Gasteiger partial charge on any atom is -0.423 e. The number of pyridine rings is 1. The van der Waals surface area contributed by atoms with Crippen LogP contribution in [0.15, 0.2) is 70.0 Å². The van der Waals surface area contributed by atoms with Gasteiger partial charge in [-0.15, -0.1) is 0 Å². The molecular formula is C25H25FN4O3. The van der Waals surface area contributed by atoms with Gasteiger partial charge in [-0.3, -0.25) is 4.90 Å². The number of aliphatic hydroxyl groups is 1. The van der Waals surface area contributed by atoms with Gasteiger partial charge in [0.05, 0.1) is 11.8 Å². The molecule has 1 saturated heterocycles. The molecule has 3 heterocycles. The van der Waals surface area contributed by atoms with E-state index in [2.05, 4.69) is 20.1 Å². The van der Waals surface area contributed by atoms with Crippen LogP contribution in [0.2, 0.25) is 0 Å². The van der Waals surface area contributed by atoms with Crippen molar-refractivity contribution in [1.82, 2.24) is 9.88 Å². The van der Waals surface area contributed by atoms with Crippen LogP contribution in [-0.4, -0.2) is 60.4 Å². The highest BCUT2D eigenvalue weighted by Crippen LogP contribution is 2.26. The van der Waals surface area contributed by atoms with Gasteiger partial charge in [0.1, 0.15) is 17.2 Å². The highest BCUT2D eigenvalue weighted by atomic mass is 19.1. The Morgan fingerprint density at radius 1 is 1.06 bits per heavy atom. The number of benzene rings is 2. The third-order valence-electron chi connectivity index (χ3n) is 6.03. The van der Waals surface area contributed by atoms with Gasteiger partial charge in [0.15, 0.2) is 0 Å². The second kappa shape index (κ2) is 9.17. The number of aliphatic hydroxyl groups excluding tert-OH is 1. The van der Waals surface area contributed by atoms with Crippen molar-refractivity contribution in [3.8, 4) is 0 Å². The molecule has 0 aliphatic carbocycles. The molecule has 1 atom stereocenters. The molecule has 8 heteroatoms. The lowest BCUT2D eigenvalue weighted by Gasteiger charge is -2.36. The molecule has 170 valence electrons. The Morgan fingerprint density at radius 3 is 2.73 bits per heavy atom. The number of fused-ring (bicyclic) bond motifs is 2. The standard InChI is InChI=1S/C25H25FN4O3/c26-18-6-5-17-7-8-27-25(21(17)13-18)30-11-9-29(10-12-30)16-19(31)15-28-22-14-24(32)33-23-4-2-1-3-20(22)23/h1-8,13-14,19,28,31H,9-12,15-16H2/t19-/m1/s1. The minimum absolute atomic E-state index is 0.269. The number of nitrogens with one attached hydrogen (secondary N) is 1. The van der Waals surface area contributed by atoms with Gasteiger partial charge in [-0.2, -0.15) is 0 Å². The number of halogens is 1. The molecule has 5 rings (SSSR count). The Kier molecular flexibility index (Phi) is 5.93. The molecule has 0 unspecified atom stereocenters.